The van der Waals surface area contributed by atoms with Crippen molar-refractivity contribution in [3.8, 4) is 11.5 Å². The van der Waals surface area contributed by atoms with E-state index in [1.54, 1.807) is 14.2 Å². The molecule has 0 atom stereocenters. The fourth-order valence-electron chi connectivity index (χ4n) is 3.24. The maximum Gasteiger partial charge on any atom is 0.230 e. The second-order valence-electron chi connectivity index (χ2n) is 6.81. The number of carbonyl (C=O) groups is 1. The second kappa shape index (κ2) is 8.62. The minimum Gasteiger partial charge on any atom is -0.497 e. The smallest absolute Gasteiger partial charge is 0.230 e. The largest absolute Gasteiger partial charge is 0.497 e. The van der Waals surface area contributed by atoms with Gasteiger partial charge < -0.3 is 14.8 Å². The molecule has 0 aliphatic heterocycles. The van der Waals surface area contributed by atoms with E-state index in [1.165, 1.54) is 11.8 Å². The van der Waals surface area contributed by atoms with Crippen molar-refractivity contribution in [3.63, 3.8) is 0 Å². The van der Waals surface area contributed by atoms with Gasteiger partial charge in [0.25, 0.3) is 0 Å². The lowest BCUT2D eigenvalue weighted by atomic mass is 10.1. The second-order valence-corrected chi connectivity index (χ2v) is 7.75. The first-order chi connectivity index (χ1) is 14.6. The molecule has 2 aromatic carbocycles. The van der Waals surface area contributed by atoms with Crippen LogP contribution in [0.3, 0.4) is 0 Å². The molecule has 0 spiro atoms. The summed E-state index contributed by atoms with van der Waals surface area (Å²) in [5, 5.41) is 13.3. The Hall–Kier alpha value is -3.26. The standard InChI is InChI=1S/C22H22N4O3S/c1-14-10-16-11-18(29-3)8-9-19(16)26-21(14)24-25-22(26)30-13-20(27)23-12-15-4-6-17(28-2)7-5-15/h4-11H,12-13H2,1-3H3,(H,23,27). The van der Waals surface area contributed by atoms with E-state index < -0.39 is 0 Å². The summed E-state index contributed by atoms with van der Waals surface area (Å²) in [6.45, 7) is 2.46. The highest BCUT2D eigenvalue weighted by Gasteiger charge is 2.14. The van der Waals surface area contributed by atoms with Crippen LogP contribution in [0.1, 0.15) is 11.1 Å². The summed E-state index contributed by atoms with van der Waals surface area (Å²) in [4.78, 5) is 12.4. The number of fused-ring (bicyclic) bond motifs is 3. The highest BCUT2D eigenvalue weighted by atomic mass is 32.2. The van der Waals surface area contributed by atoms with Crippen molar-refractivity contribution < 1.29 is 14.3 Å². The van der Waals surface area contributed by atoms with Gasteiger partial charge in [-0.15, -0.1) is 10.2 Å². The van der Waals surface area contributed by atoms with E-state index in [4.69, 9.17) is 9.47 Å². The molecule has 0 aliphatic rings. The molecular weight excluding hydrogens is 400 g/mol. The Morgan fingerprint density at radius 2 is 1.77 bits per heavy atom. The fraction of sp³-hybridized carbons (Fsp3) is 0.227. The number of carbonyl (C=O) groups excluding carboxylic acids is 1. The van der Waals surface area contributed by atoms with Crippen LogP contribution in [0.25, 0.3) is 16.6 Å². The number of ether oxygens (including phenoxy) is 2. The van der Waals surface area contributed by atoms with Gasteiger partial charge in [0.05, 0.1) is 25.5 Å². The van der Waals surface area contributed by atoms with Gasteiger partial charge in [0.1, 0.15) is 11.5 Å². The van der Waals surface area contributed by atoms with Crippen molar-refractivity contribution in [2.45, 2.75) is 18.6 Å². The van der Waals surface area contributed by atoms with Gasteiger partial charge in [-0.25, -0.2) is 0 Å². The van der Waals surface area contributed by atoms with Crippen molar-refractivity contribution in [3.05, 3.63) is 59.7 Å². The Morgan fingerprint density at radius 3 is 2.50 bits per heavy atom. The van der Waals surface area contributed by atoms with Crippen LogP contribution in [-0.4, -0.2) is 40.5 Å². The van der Waals surface area contributed by atoms with E-state index in [0.29, 0.717) is 11.7 Å². The van der Waals surface area contributed by atoms with Crippen molar-refractivity contribution in [1.82, 2.24) is 19.9 Å². The fourth-order valence-corrected chi connectivity index (χ4v) is 4.01. The molecule has 30 heavy (non-hydrogen) atoms. The number of hydrogen-bond acceptors (Lipinski definition) is 6. The Kier molecular flexibility index (Phi) is 5.76. The summed E-state index contributed by atoms with van der Waals surface area (Å²) in [6, 6.07) is 15.6. The molecule has 0 radical (unpaired) electrons. The van der Waals surface area contributed by atoms with Crippen molar-refractivity contribution in [2.75, 3.05) is 20.0 Å². The molecule has 7 nitrogen and oxygen atoms in total. The van der Waals surface area contributed by atoms with E-state index in [0.717, 1.165) is 39.2 Å². The number of benzene rings is 2. The first-order valence-corrected chi connectivity index (χ1v) is 10.4. The van der Waals surface area contributed by atoms with E-state index in [2.05, 4.69) is 21.6 Å². The highest BCUT2D eigenvalue weighted by molar-refractivity contribution is 7.99. The first-order valence-electron chi connectivity index (χ1n) is 9.44. The van der Waals surface area contributed by atoms with Gasteiger partial charge in [-0.2, -0.15) is 0 Å². The van der Waals surface area contributed by atoms with Crippen LogP contribution in [0, 0.1) is 6.92 Å². The van der Waals surface area contributed by atoms with Gasteiger partial charge >= 0.3 is 0 Å². The highest BCUT2D eigenvalue weighted by Crippen LogP contribution is 2.28. The number of aryl methyl sites for hydroxylation is 1. The maximum atomic E-state index is 12.4. The van der Waals surface area contributed by atoms with Crippen LogP contribution in [0.4, 0.5) is 0 Å². The SMILES string of the molecule is COc1ccc(CNC(=O)CSc2nnc3c(C)cc4cc(OC)ccc4n23)cc1. The third kappa shape index (κ3) is 4.04. The summed E-state index contributed by atoms with van der Waals surface area (Å²) in [7, 11) is 3.28. The molecule has 4 aromatic rings. The van der Waals surface area contributed by atoms with Gasteiger partial charge in [-0.05, 0) is 54.4 Å². The van der Waals surface area contributed by atoms with Crippen molar-refractivity contribution in [2.24, 2.45) is 0 Å². The van der Waals surface area contributed by atoms with E-state index >= 15 is 0 Å². The average molecular weight is 423 g/mol. The Bertz CT molecular complexity index is 1200. The van der Waals surface area contributed by atoms with E-state index in [-0.39, 0.29) is 11.7 Å². The number of hydrogen-bond donors (Lipinski definition) is 1. The Labute approximate surface area is 178 Å². The summed E-state index contributed by atoms with van der Waals surface area (Å²) >= 11 is 1.37. The number of nitrogens with zero attached hydrogens (tertiary/aromatic N) is 3. The quantitative estimate of drug-likeness (QED) is 0.459. The van der Waals surface area contributed by atoms with Crippen molar-refractivity contribution >= 4 is 34.2 Å². The van der Waals surface area contributed by atoms with Crippen LogP contribution in [-0.2, 0) is 11.3 Å². The number of methoxy groups -OCH3 is 2. The van der Waals surface area contributed by atoms with Gasteiger partial charge in [-0.3, -0.25) is 9.20 Å². The summed E-state index contributed by atoms with van der Waals surface area (Å²) in [5.74, 6) is 1.77. The minimum atomic E-state index is -0.0637. The molecule has 0 saturated heterocycles. The summed E-state index contributed by atoms with van der Waals surface area (Å²) in [6.07, 6.45) is 0. The molecule has 8 heteroatoms. The van der Waals surface area contributed by atoms with Gasteiger partial charge in [0.15, 0.2) is 10.8 Å². The zero-order valence-corrected chi connectivity index (χ0v) is 17.8. The number of rotatable bonds is 7. The molecule has 0 unspecified atom stereocenters. The normalized spacial score (nSPS) is 11.0. The van der Waals surface area contributed by atoms with Crippen molar-refractivity contribution in [1.29, 1.82) is 0 Å². The Morgan fingerprint density at radius 1 is 1.03 bits per heavy atom. The van der Waals surface area contributed by atoms with E-state index in [1.807, 2.05) is 53.8 Å². The van der Waals surface area contributed by atoms with Crippen LogP contribution in [0.2, 0.25) is 0 Å². The lowest BCUT2D eigenvalue weighted by Crippen LogP contribution is -2.24. The molecule has 4 rings (SSSR count). The maximum absolute atomic E-state index is 12.4. The molecule has 0 bridgehead atoms. The summed E-state index contributed by atoms with van der Waals surface area (Å²) < 4.78 is 12.5. The number of nitrogens with one attached hydrogen (secondary N) is 1. The lowest BCUT2D eigenvalue weighted by molar-refractivity contribution is -0.118. The van der Waals surface area contributed by atoms with E-state index in [9.17, 15) is 4.79 Å². The zero-order valence-electron chi connectivity index (χ0n) is 17.0. The third-order valence-electron chi connectivity index (χ3n) is 4.81. The monoisotopic (exact) mass is 422 g/mol. The topological polar surface area (TPSA) is 77.8 Å². The molecule has 2 heterocycles. The lowest BCUT2D eigenvalue weighted by Gasteiger charge is -2.09. The molecule has 2 aromatic heterocycles. The number of thioether (sulfide) groups is 1. The van der Waals surface area contributed by atoms with Gasteiger partial charge in [0.2, 0.25) is 5.91 Å². The molecule has 0 aliphatic carbocycles. The van der Waals surface area contributed by atoms with Gasteiger partial charge in [-0.1, -0.05) is 23.9 Å². The number of pyridine rings is 1. The number of aromatic nitrogens is 3. The van der Waals surface area contributed by atoms with Crippen LogP contribution < -0.4 is 14.8 Å². The molecule has 1 amide bonds. The third-order valence-corrected chi connectivity index (χ3v) is 5.74. The van der Waals surface area contributed by atoms with Gasteiger partial charge in [0, 0.05) is 11.9 Å². The minimum absolute atomic E-state index is 0.0637. The van der Waals surface area contributed by atoms with Crippen LogP contribution >= 0.6 is 11.8 Å². The summed E-state index contributed by atoms with van der Waals surface area (Å²) in [5.41, 5.74) is 3.79. The molecular formula is C22H22N4O3S. The predicted octanol–water partition coefficient (Wildman–Crippen LogP) is 3.62. The van der Waals surface area contributed by atoms with Crippen LogP contribution in [0.5, 0.6) is 11.5 Å². The number of amides is 1. The molecule has 1 N–H and O–H groups in total. The zero-order chi connectivity index (χ0) is 21.1. The molecule has 154 valence electrons. The molecule has 0 saturated carbocycles. The molecule has 0 fully saturated rings. The Balaban J connectivity index is 1.48. The van der Waals surface area contributed by atoms with Crippen LogP contribution in [0.15, 0.2) is 53.7 Å². The predicted molar refractivity (Wildman–Crippen MR) is 117 cm³/mol. The average Bonchev–Trinajstić information content (AvgIpc) is 3.21. The first kappa shape index (κ1) is 20.0.